The van der Waals surface area contributed by atoms with Crippen molar-refractivity contribution in [2.24, 2.45) is 0 Å². The highest BCUT2D eigenvalue weighted by atomic mass is 15.2. The molecule has 0 amide bonds. The van der Waals surface area contributed by atoms with Crippen molar-refractivity contribution in [1.82, 2.24) is 10.2 Å². The Kier molecular flexibility index (Phi) is 1.92. The molecule has 2 bridgehead atoms. The van der Waals surface area contributed by atoms with Gasteiger partial charge in [-0.15, -0.1) is 0 Å². The predicted molar refractivity (Wildman–Crippen MR) is 51.3 cm³/mol. The number of fused-ring (bicyclic) bond motifs is 3. The molecule has 70 valence electrons. The lowest BCUT2D eigenvalue weighted by Gasteiger charge is -2.38. The number of nitrogens with one attached hydrogen (secondary N) is 1. The molecule has 3 heterocycles. The third kappa shape index (κ3) is 1.50. The molecule has 3 fully saturated rings. The first-order chi connectivity index (χ1) is 5.55. The van der Waals surface area contributed by atoms with E-state index < -0.39 is 0 Å². The zero-order chi connectivity index (χ0) is 8.77. The van der Waals surface area contributed by atoms with E-state index in [1.54, 1.807) is 0 Å². The molecular weight excluding hydrogens is 148 g/mol. The van der Waals surface area contributed by atoms with E-state index in [2.05, 4.69) is 31.0 Å². The summed E-state index contributed by atoms with van der Waals surface area (Å²) in [6, 6.07) is 1.62. The highest BCUT2D eigenvalue weighted by Crippen LogP contribution is 2.25. The van der Waals surface area contributed by atoms with Gasteiger partial charge in [-0.1, -0.05) is 0 Å². The van der Waals surface area contributed by atoms with Crippen molar-refractivity contribution in [3.05, 3.63) is 0 Å². The monoisotopic (exact) mass is 168 g/mol. The predicted octanol–water partition coefficient (Wildman–Crippen LogP) is 1.22. The van der Waals surface area contributed by atoms with Gasteiger partial charge >= 0.3 is 0 Å². The maximum Gasteiger partial charge on any atom is 0.0212 e. The van der Waals surface area contributed by atoms with Gasteiger partial charge in [0.25, 0.3) is 0 Å². The first-order valence-electron chi connectivity index (χ1n) is 5.07. The fourth-order valence-electron chi connectivity index (χ4n) is 2.26. The summed E-state index contributed by atoms with van der Waals surface area (Å²) in [5, 5.41) is 3.60. The molecule has 3 aliphatic heterocycles. The van der Waals surface area contributed by atoms with Gasteiger partial charge in [-0.3, -0.25) is 4.90 Å². The Morgan fingerprint density at radius 2 is 1.92 bits per heavy atom. The standard InChI is InChI=1S/C10H20N2/c1-10(2,3)12-5-4-8-6-9(7-12)11-8/h8-9,11H,4-7H2,1-3H3. The van der Waals surface area contributed by atoms with Crippen molar-refractivity contribution in [2.75, 3.05) is 13.1 Å². The topological polar surface area (TPSA) is 15.3 Å². The lowest BCUT2D eigenvalue weighted by molar-refractivity contribution is 0.133. The molecule has 0 saturated carbocycles. The van der Waals surface area contributed by atoms with Crippen molar-refractivity contribution in [1.29, 1.82) is 0 Å². The first-order valence-corrected chi connectivity index (χ1v) is 5.07. The van der Waals surface area contributed by atoms with Gasteiger partial charge in [0.05, 0.1) is 0 Å². The van der Waals surface area contributed by atoms with E-state index in [4.69, 9.17) is 0 Å². The first kappa shape index (κ1) is 8.52. The molecule has 3 rings (SSSR count). The molecule has 0 aromatic heterocycles. The van der Waals surface area contributed by atoms with Gasteiger partial charge in [0, 0.05) is 30.7 Å². The Hall–Kier alpha value is -0.0800. The number of nitrogens with zero attached hydrogens (tertiary/aromatic N) is 1. The fourth-order valence-corrected chi connectivity index (χ4v) is 2.26. The number of hydrogen-bond donors (Lipinski definition) is 1. The lowest BCUT2D eigenvalue weighted by atomic mass is 9.96. The molecule has 2 nitrogen and oxygen atoms in total. The molecule has 0 radical (unpaired) electrons. The van der Waals surface area contributed by atoms with Gasteiger partial charge in [-0.25, -0.2) is 0 Å². The summed E-state index contributed by atoms with van der Waals surface area (Å²) in [7, 11) is 0. The average Bonchev–Trinajstić information content (AvgIpc) is 2.11. The van der Waals surface area contributed by atoms with Crippen LogP contribution in [-0.4, -0.2) is 35.6 Å². The van der Waals surface area contributed by atoms with Crippen molar-refractivity contribution in [3.63, 3.8) is 0 Å². The smallest absolute Gasteiger partial charge is 0.0212 e. The van der Waals surface area contributed by atoms with Gasteiger partial charge in [-0.2, -0.15) is 0 Å². The van der Waals surface area contributed by atoms with Gasteiger partial charge < -0.3 is 5.32 Å². The van der Waals surface area contributed by atoms with Crippen LogP contribution in [0.2, 0.25) is 0 Å². The highest BCUT2D eigenvalue weighted by molar-refractivity contribution is 4.96. The summed E-state index contributed by atoms with van der Waals surface area (Å²) in [6.45, 7) is 9.47. The summed E-state index contributed by atoms with van der Waals surface area (Å²) in [5.41, 5.74) is 0.360. The van der Waals surface area contributed by atoms with Gasteiger partial charge in [0.15, 0.2) is 0 Å². The summed E-state index contributed by atoms with van der Waals surface area (Å²) in [5.74, 6) is 0. The lowest BCUT2D eigenvalue weighted by Crippen LogP contribution is -2.54. The normalized spacial score (nSPS) is 37.2. The van der Waals surface area contributed by atoms with Crippen LogP contribution >= 0.6 is 0 Å². The maximum atomic E-state index is 3.60. The minimum absolute atomic E-state index is 0.360. The SMILES string of the molecule is CC(C)(C)N1CCC2CC(C1)N2. The van der Waals surface area contributed by atoms with E-state index in [-0.39, 0.29) is 0 Å². The summed E-state index contributed by atoms with van der Waals surface area (Å²) in [6.07, 6.45) is 2.75. The number of hydrogen-bond acceptors (Lipinski definition) is 2. The van der Waals surface area contributed by atoms with Gasteiger partial charge in [0.2, 0.25) is 0 Å². The minimum atomic E-state index is 0.360. The Bertz CT molecular complexity index is 165. The average molecular weight is 168 g/mol. The van der Waals surface area contributed by atoms with Crippen LogP contribution in [0, 0.1) is 0 Å². The van der Waals surface area contributed by atoms with Crippen LogP contribution in [0.3, 0.4) is 0 Å². The molecule has 3 aliphatic rings. The summed E-state index contributed by atoms with van der Waals surface area (Å²) >= 11 is 0. The Morgan fingerprint density at radius 1 is 1.25 bits per heavy atom. The van der Waals surface area contributed by atoms with E-state index in [1.165, 1.54) is 25.9 Å². The molecule has 1 N–H and O–H groups in total. The molecular formula is C10H20N2. The van der Waals surface area contributed by atoms with E-state index in [0.717, 1.165) is 12.1 Å². The molecule has 12 heavy (non-hydrogen) atoms. The Labute approximate surface area is 75.3 Å². The quantitative estimate of drug-likeness (QED) is 0.585. The van der Waals surface area contributed by atoms with E-state index in [9.17, 15) is 0 Å². The maximum absolute atomic E-state index is 3.60. The van der Waals surface area contributed by atoms with Crippen LogP contribution in [0.15, 0.2) is 0 Å². The van der Waals surface area contributed by atoms with Gasteiger partial charge in [-0.05, 0) is 33.6 Å². The van der Waals surface area contributed by atoms with E-state index >= 15 is 0 Å². The summed E-state index contributed by atoms with van der Waals surface area (Å²) < 4.78 is 0. The van der Waals surface area contributed by atoms with Crippen molar-refractivity contribution >= 4 is 0 Å². The van der Waals surface area contributed by atoms with Crippen molar-refractivity contribution in [2.45, 2.75) is 51.2 Å². The second kappa shape index (κ2) is 2.71. The zero-order valence-electron chi connectivity index (χ0n) is 8.43. The molecule has 2 atom stereocenters. The third-order valence-electron chi connectivity index (χ3n) is 3.18. The second-order valence-corrected chi connectivity index (χ2v) is 5.20. The van der Waals surface area contributed by atoms with Crippen LogP contribution in [-0.2, 0) is 0 Å². The molecule has 0 spiro atoms. The fraction of sp³-hybridized carbons (Fsp3) is 1.00. The zero-order valence-corrected chi connectivity index (χ0v) is 8.43. The Morgan fingerprint density at radius 3 is 2.50 bits per heavy atom. The van der Waals surface area contributed by atoms with Crippen molar-refractivity contribution in [3.8, 4) is 0 Å². The third-order valence-corrected chi connectivity index (χ3v) is 3.18. The van der Waals surface area contributed by atoms with Crippen LogP contribution < -0.4 is 5.32 Å². The van der Waals surface area contributed by atoms with Crippen LogP contribution in [0.5, 0.6) is 0 Å². The van der Waals surface area contributed by atoms with Crippen LogP contribution in [0.1, 0.15) is 33.6 Å². The van der Waals surface area contributed by atoms with E-state index in [0.29, 0.717) is 5.54 Å². The molecule has 0 aromatic carbocycles. The minimum Gasteiger partial charge on any atom is -0.310 e. The molecule has 2 heteroatoms. The molecule has 3 saturated heterocycles. The molecule has 0 aromatic rings. The van der Waals surface area contributed by atoms with E-state index in [1.807, 2.05) is 0 Å². The second-order valence-electron chi connectivity index (χ2n) is 5.20. The highest BCUT2D eigenvalue weighted by Gasteiger charge is 2.36. The Balaban J connectivity index is 1.99. The summed E-state index contributed by atoms with van der Waals surface area (Å²) in [4.78, 5) is 2.61. The van der Waals surface area contributed by atoms with Gasteiger partial charge in [0.1, 0.15) is 0 Å². The van der Waals surface area contributed by atoms with Crippen LogP contribution in [0.25, 0.3) is 0 Å². The molecule has 2 unspecified atom stereocenters. The number of rotatable bonds is 0. The van der Waals surface area contributed by atoms with Crippen LogP contribution in [0.4, 0.5) is 0 Å². The largest absolute Gasteiger partial charge is 0.310 e. The molecule has 0 aliphatic carbocycles. The van der Waals surface area contributed by atoms with Crippen molar-refractivity contribution < 1.29 is 0 Å².